The first kappa shape index (κ1) is 16.1. The molecule has 0 spiro atoms. The minimum absolute atomic E-state index is 0.0241. The quantitative estimate of drug-likeness (QED) is 0.917. The van der Waals surface area contributed by atoms with Crippen molar-refractivity contribution >= 4 is 22.9 Å². The molecular weight excluding hydrogens is 314 g/mol. The van der Waals surface area contributed by atoms with Gasteiger partial charge < -0.3 is 10.1 Å². The summed E-state index contributed by atoms with van der Waals surface area (Å²) in [6.45, 7) is 6.24. The van der Waals surface area contributed by atoms with Crippen LogP contribution in [0.25, 0.3) is 0 Å². The highest BCUT2D eigenvalue weighted by Gasteiger charge is 2.25. The molecule has 1 atom stereocenters. The van der Waals surface area contributed by atoms with Gasteiger partial charge in [-0.15, -0.1) is 11.3 Å². The van der Waals surface area contributed by atoms with Crippen molar-refractivity contribution in [1.29, 1.82) is 0 Å². The van der Waals surface area contributed by atoms with Crippen LogP contribution in [0, 0.1) is 13.8 Å². The first-order valence-electron chi connectivity index (χ1n) is 7.58. The number of aromatic nitrogens is 3. The fraction of sp³-hybridized carbons (Fsp3) is 0.533. The van der Waals surface area contributed by atoms with Gasteiger partial charge in [0.25, 0.3) is 0 Å². The Morgan fingerprint density at radius 3 is 3.00 bits per heavy atom. The highest BCUT2D eigenvalue weighted by atomic mass is 32.1. The summed E-state index contributed by atoms with van der Waals surface area (Å²) in [5.74, 6) is -0.0241. The van der Waals surface area contributed by atoms with E-state index in [0.29, 0.717) is 19.7 Å². The van der Waals surface area contributed by atoms with Gasteiger partial charge in [0.15, 0.2) is 0 Å². The summed E-state index contributed by atoms with van der Waals surface area (Å²) in [6.07, 6.45) is 1.74. The normalized spacial score (nSPS) is 19.0. The Kier molecular flexibility index (Phi) is 4.74. The smallest absolute Gasteiger partial charge is 0.238 e. The van der Waals surface area contributed by atoms with Crippen molar-refractivity contribution in [2.75, 3.05) is 31.6 Å². The summed E-state index contributed by atoms with van der Waals surface area (Å²) < 4.78 is 7.53. The molecule has 3 heterocycles. The maximum Gasteiger partial charge on any atom is 0.238 e. The first-order valence-corrected chi connectivity index (χ1v) is 8.46. The zero-order valence-corrected chi connectivity index (χ0v) is 14.4. The van der Waals surface area contributed by atoms with Crippen LogP contribution in [0.2, 0.25) is 0 Å². The molecule has 0 saturated carbocycles. The lowest BCUT2D eigenvalue weighted by Gasteiger charge is -2.31. The second kappa shape index (κ2) is 6.77. The van der Waals surface area contributed by atoms with Crippen molar-refractivity contribution in [3.05, 3.63) is 28.0 Å². The van der Waals surface area contributed by atoms with Crippen LogP contribution >= 0.6 is 11.3 Å². The molecule has 0 bridgehead atoms. The van der Waals surface area contributed by atoms with Crippen molar-refractivity contribution in [2.24, 2.45) is 7.05 Å². The van der Waals surface area contributed by atoms with E-state index >= 15 is 0 Å². The molecule has 0 aliphatic carbocycles. The zero-order valence-electron chi connectivity index (χ0n) is 13.6. The van der Waals surface area contributed by atoms with Crippen molar-refractivity contribution < 1.29 is 9.53 Å². The highest BCUT2D eigenvalue weighted by molar-refractivity contribution is 7.09. The molecule has 1 fully saturated rings. The number of nitrogens with zero attached hydrogens (tertiary/aromatic N) is 4. The molecule has 7 nitrogen and oxygen atoms in total. The van der Waals surface area contributed by atoms with Crippen LogP contribution in [0.5, 0.6) is 0 Å². The standard InChI is InChI=1S/C15H21N5O2S/c1-10-14(11(2)19(3)18-10)17-13(21)9-20-5-6-22-12(8-20)15-16-4-7-23-15/h4,7,12H,5-6,8-9H2,1-3H3,(H,17,21)/t12-/m1/s1. The monoisotopic (exact) mass is 335 g/mol. The lowest BCUT2D eigenvalue weighted by molar-refractivity contribution is -0.119. The number of carbonyl (C=O) groups excluding carboxylic acids is 1. The second-order valence-electron chi connectivity index (χ2n) is 5.68. The van der Waals surface area contributed by atoms with E-state index in [4.69, 9.17) is 4.74 Å². The molecule has 1 saturated heterocycles. The molecule has 1 amide bonds. The van der Waals surface area contributed by atoms with Crippen LogP contribution in [0.3, 0.4) is 0 Å². The molecule has 0 unspecified atom stereocenters. The summed E-state index contributed by atoms with van der Waals surface area (Å²) >= 11 is 1.59. The van der Waals surface area contributed by atoms with Crippen LogP contribution in [0.15, 0.2) is 11.6 Å². The number of rotatable bonds is 4. The largest absolute Gasteiger partial charge is 0.368 e. The Balaban J connectivity index is 1.59. The molecule has 0 radical (unpaired) electrons. The van der Waals surface area contributed by atoms with Gasteiger partial charge in [-0.2, -0.15) is 5.10 Å². The molecule has 1 aliphatic heterocycles. The molecule has 2 aromatic heterocycles. The van der Waals surface area contributed by atoms with Crippen molar-refractivity contribution in [3.8, 4) is 0 Å². The van der Waals surface area contributed by atoms with Crippen molar-refractivity contribution in [2.45, 2.75) is 20.0 Å². The summed E-state index contributed by atoms with van der Waals surface area (Å²) in [7, 11) is 1.87. The number of hydrogen-bond donors (Lipinski definition) is 1. The number of aryl methyl sites for hydroxylation is 2. The number of thiazole rings is 1. The van der Waals surface area contributed by atoms with E-state index in [-0.39, 0.29) is 12.0 Å². The molecule has 1 aliphatic rings. The third-order valence-electron chi connectivity index (χ3n) is 4.02. The van der Waals surface area contributed by atoms with Crippen LogP contribution in [0.4, 0.5) is 5.69 Å². The van der Waals surface area contributed by atoms with E-state index < -0.39 is 0 Å². The fourth-order valence-electron chi connectivity index (χ4n) is 2.73. The minimum atomic E-state index is -0.0431. The number of amides is 1. The molecular formula is C15H21N5O2S. The lowest BCUT2D eigenvalue weighted by atomic mass is 10.2. The fourth-order valence-corrected chi connectivity index (χ4v) is 3.40. The van der Waals surface area contributed by atoms with E-state index in [1.54, 1.807) is 22.2 Å². The van der Waals surface area contributed by atoms with Gasteiger partial charge in [0, 0.05) is 31.7 Å². The number of ether oxygens (including phenoxy) is 1. The molecule has 2 aromatic rings. The van der Waals surface area contributed by atoms with Crippen molar-refractivity contribution in [1.82, 2.24) is 19.7 Å². The van der Waals surface area contributed by atoms with E-state index in [1.807, 2.05) is 26.3 Å². The lowest BCUT2D eigenvalue weighted by Crippen LogP contribution is -2.42. The van der Waals surface area contributed by atoms with Crippen LogP contribution in [-0.2, 0) is 16.6 Å². The van der Waals surface area contributed by atoms with Gasteiger partial charge in [0.2, 0.25) is 5.91 Å². The molecule has 0 aromatic carbocycles. The minimum Gasteiger partial charge on any atom is -0.368 e. The number of carbonyl (C=O) groups is 1. The van der Waals surface area contributed by atoms with Gasteiger partial charge in [0.05, 0.1) is 30.2 Å². The van der Waals surface area contributed by atoms with Gasteiger partial charge in [-0.25, -0.2) is 4.98 Å². The second-order valence-corrected chi connectivity index (χ2v) is 6.61. The predicted octanol–water partition coefficient (Wildman–Crippen LogP) is 1.51. The maximum absolute atomic E-state index is 12.3. The number of nitrogens with one attached hydrogen (secondary N) is 1. The number of hydrogen-bond acceptors (Lipinski definition) is 6. The van der Waals surface area contributed by atoms with Gasteiger partial charge in [-0.3, -0.25) is 14.4 Å². The zero-order chi connectivity index (χ0) is 16.4. The average molecular weight is 335 g/mol. The Labute approximate surface area is 139 Å². The third kappa shape index (κ3) is 3.60. The summed E-state index contributed by atoms with van der Waals surface area (Å²) in [6, 6.07) is 0. The first-order chi connectivity index (χ1) is 11.0. The SMILES string of the molecule is Cc1nn(C)c(C)c1NC(=O)CN1CCO[C@@H](c2nccs2)C1. The Morgan fingerprint density at radius 2 is 2.35 bits per heavy atom. The Hall–Kier alpha value is -1.77. The number of morpholine rings is 1. The van der Waals surface area contributed by atoms with Crippen LogP contribution < -0.4 is 5.32 Å². The average Bonchev–Trinajstić information content (AvgIpc) is 3.13. The third-order valence-corrected chi connectivity index (χ3v) is 4.89. The van der Waals surface area contributed by atoms with Gasteiger partial charge in [0.1, 0.15) is 11.1 Å². The summed E-state index contributed by atoms with van der Waals surface area (Å²) in [5.41, 5.74) is 2.60. The van der Waals surface area contributed by atoms with Crippen molar-refractivity contribution in [3.63, 3.8) is 0 Å². The van der Waals surface area contributed by atoms with Gasteiger partial charge >= 0.3 is 0 Å². The van der Waals surface area contributed by atoms with E-state index in [2.05, 4.69) is 20.3 Å². The Bertz CT molecular complexity index is 682. The van der Waals surface area contributed by atoms with E-state index in [1.165, 1.54) is 0 Å². The van der Waals surface area contributed by atoms with E-state index in [0.717, 1.165) is 28.6 Å². The highest BCUT2D eigenvalue weighted by Crippen LogP contribution is 2.24. The predicted molar refractivity (Wildman–Crippen MR) is 88.6 cm³/mol. The summed E-state index contributed by atoms with van der Waals surface area (Å²) in [4.78, 5) is 18.7. The Morgan fingerprint density at radius 1 is 1.52 bits per heavy atom. The molecule has 23 heavy (non-hydrogen) atoms. The van der Waals surface area contributed by atoms with Crippen LogP contribution in [0.1, 0.15) is 22.5 Å². The molecule has 3 rings (SSSR count). The van der Waals surface area contributed by atoms with Gasteiger partial charge in [-0.1, -0.05) is 0 Å². The number of anilines is 1. The topological polar surface area (TPSA) is 72.3 Å². The molecule has 8 heteroatoms. The molecule has 1 N–H and O–H groups in total. The maximum atomic E-state index is 12.3. The molecule has 124 valence electrons. The van der Waals surface area contributed by atoms with E-state index in [9.17, 15) is 4.79 Å². The van der Waals surface area contributed by atoms with Gasteiger partial charge in [-0.05, 0) is 13.8 Å². The summed E-state index contributed by atoms with van der Waals surface area (Å²) in [5, 5.41) is 10.2. The van der Waals surface area contributed by atoms with Crippen LogP contribution in [-0.4, -0.2) is 51.8 Å².